The molecule has 1 fully saturated rings. The topological polar surface area (TPSA) is 75.6 Å². The summed E-state index contributed by atoms with van der Waals surface area (Å²) >= 11 is 0. The Bertz CT molecular complexity index is 666. The molecule has 0 radical (unpaired) electrons. The van der Waals surface area contributed by atoms with Crippen LogP contribution in [0.4, 0.5) is 0 Å². The molecule has 1 aliphatic rings. The highest BCUT2D eigenvalue weighted by atomic mass is 28.4. The molecule has 2 N–H and O–H groups in total. The number of carbonyl (C=O) groups is 2. The molecule has 1 heterocycles. The molecule has 1 saturated heterocycles. The minimum absolute atomic E-state index is 0.0286. The molecule has 1 amide bonds. The highest BCUT2D eigenvalue weighted by Gasteiger charge is 2.47. The molecule has 0 saturated carbocycles. The Balaban J connectivity index is 2.06. The summed E-state index contributed by atoms with van der Waals surface area (Å²) in [5.41, 5.74) is 0.292. The number of phenolic OH excluding ortho intramolecular Hbond substituents is 1. The number of β-lactam (4-membered cyclic amide) rings is 1. The number of amides is 1. The fourth-order valence-electron chi connectivity index (χ4n) is 2.70. The van der Waals surface area contributed by atoms with E-state index in [0.29, 0.717) is 12.2 Å². The second-order valence-corrected chi connectivity index (χ2v) is 13.2. The van der Waals surface area contributed by atoms with E-state index in [1.807, 2.05) is 0 Å². The summed E-state index contributed by atoms with van der Waals surface area (Å²) in [6.07, 6.45) is 0. The number of ketones is 1. The molecule has 3 atom stereocenters. The average Bonchev–Trinajstić information content (AvgIpc) is 2.50. The monoisotopic (exact) mass is 363 g/mol. The molecule has 0 unspecified atom stereocenters. The van der Waals surface area contributed by atoms with Gasteiger partial charge in [-0.15, -0.1) is 0 Å². The van der Waals surface area contributed by atoms with Gasteiger partial charge >= 0.3 is 0 Å². The van der Waals surface area contributed by atoms with Crippen LogP contribution in [0.2, 0.25) is 18.1 Å². The van der Waals surface area contributed by atoms with Gasteiger partial charge in [0.1, 0.15) is 5.75 Å². The maximum absolute atomic E-state index is 12.7. The van der Waals surface area contributed by atoms with Crippen LogP contribution >= 0.6 is 0 Å². The molecule has 1 aromatic carbocycles. The quantitative estimate of drug-likeness (QED) is 0.462. The van der Waals surface area contributed by atoms with Crippen molar-refractivity contribution in [3.63, 3.8) is 0 Å². The minimum atomic E-state index is -1.95. The van der Waals surface area contributed by atoms with Crippen LogP contribution in [-0.2, 0) is 9.22 Å². The van der Waals surface area contributed by atoms with Crippen molar-refractivity contribution in [2.24, 2.45) is 11.8 Å². The number of para-hydroxylation sites is 1. The first-order valence-electron chi connectivity index (χ1n) is 8.72. The third-order valence-corrected chi connectivity index (χ3v) is 10.1. The Morgan fingerprint density at radius 3 is 2.44 bits per heavy atom. The Morgan fingerprint density at radius 1 is 1.32 bits per heavy atom. The zero-order valence-electron chi connectivity index (χ0n) is 15.9. The summed E-state index contributed by atoms with van der Waals surface area (Å²) in [6, 6.07) is 6.24. The van der Waals surface area contributed by atoms with Gasteiger partial charge in [-0.1, -0.05) is 39.8 Å². The summed E-state index contributed by atoms with van der Waals surface area (Å²) in [6.45, 7) is 12.9. The standard InChI is InChI=1S/C19H29NO4Si/c1-12(17(22)13-9-7-8-10-15(13)21)16-14(18(23)20-16)11-24-25(5,6)19(2,3)4/h7-10,12,14,16,21H,11H2,1-6H3,(H,20,23)/t12-,14+,16-/m1/s1. The van der Waals surface area contributed by atoms with Crippen molar-refractivity contribution in [1.29, 1.82) is 0 Å². The number of hydrogen-bond acceptors (Lipinski definition) is 4. The lowest BCUT2D eigenvalue weighted by atomic mass is 9.79. The highest BCUT2D eigenvalue weighted by molar-refractivity contribution is 6.74. The maximum Gasteiger partial charge on any atom is 0.227 e. The van der Waals surface area contributed by atoms with Crippen LogP contribution in [0.15, 0.2) is 24.3 Å². The lowest BCUT2D eigenvalue weighted by Crippen LogP contribution is -2.64. The molecule has 2 rings (SSSR count). The maximum atomic E-state index is 12.7. The van der Waals surface area contributed by atoms with E-state index in [1.165, 1.54) is 6.07 Å². The summed E-state index contributed by atoms with van der Waals surface area (Å²) in [5, 5.41) is 12.8. The van der Waals surface area contributed by atoms with E-state index in [2.05, 4.69) is 39.2 Å². The number of carbonyl (C=O) groups excluding carboxylic acids is 2. The summed E-state index contributed by atoms with van der Waals surface area (Å²) < 4.78 is 6.18. The molecule has 1 aromatic rings. The smallest absolute Gasteiger partial charge is 0.227 e. The van der Waals surface area contributed by atoms with E-state index in [0.717, 1.165) is 0 Å². The van der Waals surface area contributed by atoms with Crippen LogP contribution in [0.5, 0.6) is 5.75 Å². The van der Waals surface area contributed by atoms with Crippen molar-refractivity contribution >= 4 is 20.0 Å². The molecule has 6 heteroatoms. The van der Waals surface area contributed by atoms with Crippen LogP contribution in [0.3, 0.4) is 0 Å². The van der Waals surface area contributed by atoms with E-state index in [-0.39, 0.29) is 34.4 Å². The molecule has 25 heavy (non-hydrogen) atoms. The number of Topliss-reactive ketones (excluding diaryl/α,β-unsaturated/α-hetero) is 1. The lowest BCUT2D eigenvalue weighted by Gasteiger charge is -2.43. The van der Waals surface area contributed by atoms with Crippen LogP contribution in [0.1, 0.15) is 38.1 Å². The van der Waals surface area contributed by atoms with E-state index in [9.17, 15) is 14.7 Å². The van der Waals surface area contributed by atoms with Gasteiger partial charge < -0.3 is 14.8 Å². The molecule has 1 aliphatic heterocycles. The molecule has 0 bridgehead atoms. The predicted molar refractivity (Wildman–Crippen MR) is 100 cm³/mol. The number of phenols is 1. The normalized spacial score (nSPS) is 22.1. The Labute approximate surface area is 150 Å². The Kier molecular flexibility index (Phi) is 5.44. The van der Waals surface area contributed by atoms with Gasteiger partial charge in [-0.05, 0) is 30.3 Å². The Hall–Kier alpha value is -1.66. The first kappa shape index (κ1) is 19.7. The number of rotatable bonds is 6. The van der Waals surface area contributed by atoms with Crippen LogP contribution in [0, 0.1) is 11.8 Å². The van der Waals surface area contributed by atoms with Crippen LogP contribution < -0.4 is 5.32 Å². The summed E-state index contributed by atoms with van der Waals surface area (Å²) in [4.78, 5) is 24.7. The van der Waals surface area contributed by atoms with Gasteiger partial charge in [-0.3, -0.25) is 9.59 Å². The summed E-state index contributed by atoms with van der Waals surface area (Å²) in [7, 11) is -1.95. The van der Waals surface area contributed by atoms with E-state index in [1.54, 1.807) is 25.1 Å². The Morgan fingerprint density at radius 2 is 1.92 bits per heavy atom. The molecule has 0 aromatic heterocycles. The van der Waals surface area contributed by atoms with Crippen molar-refractivity contribution in [2.45, 2.75) is 51.9 Å². The number of nitrogens with one attached hydrogen (secondary N) is 1. The van der Waals surface area contributed by atoms with Crippen LogP contribution in [-0.4, -0.2) is 37.8 Å². The van der Waals surface area contributed by atoms with Gasteiger partial charge in [0.15, 0.2) is 14.1 Å². The zero-order valence-corrected chi connectivity index (χ0v) is 16.9. The van der Waals surface area contributed by atoms with Crippen molar-refractivity contribution in [2.75, 3.05) is 6.61 Å². The number of benzene rings is 1. The second-order valence-electron chi connectivity index (χ2n) is 8.38. The van der Waals surface area contributed by atoms with E-state index >= 15 is 0 Å². The molecule has 0 aliphatic carbocycles. The number of hydrogen-bond donors (Lipinski definition) is 2. The molecular formula is C19H29NO4Si. The first-order chi connectivity index (χ1) is 11.5. The number of aromatic hydroxyl groups is 1. The van der Waals surface area contributed by atoms with E-state index in [4.69, 9.17) is 4.43 Å². The fraction of sp³-hybridized carbons (Fsp3) is 0.579. The van der Waals surface area contributed by atoms with Gasteiger partial charge in [0.05, 0.1) is 17.5 Å². The van der Waals surface area contributed by atoms with Gasteiger partial charge in [-0.2, -0.15) is 0 Å². The van der Waals surface area contributed by atoms with Gasteiger partial charge in [-0.25, -0.2) is 0 Å². The summed E-state index contributed by atoms with van der Waals surface area (Å²) in [5.74, 6) is -1.00. The third kappa shape index (κ3) is 3.95. The van der Waals surface area contributed by atoms with Crippen molar-refractivity contribution in [3.8, 4) is 5.75 Å². The SMILES string of the molecule is C[C@@H](C(=O)c1ccccc1O)[C@H]1NC(=O)[C@H]1CO[Si](C)(C)C(C)(C)C. The first-order valence-corrected chi connectivity index (χ1v) is 11.6. The van der Waals surface area contributed by atoms with E-state index < -0.39 is 14.2 Å². The fourth-order valence-corrected chi connectivity index (χ4v) is 3.73. The van der Waals surface area contributed by atoms with Gasteiger partial charge in [0.25, 0.3) is 0 Å². The highest BCUT2D eigenvalue weighted by Crippen LogP contribution is 2.38. The second kappa shape index (κ2) is 6.92. The van der Waals surface area contributed by atoms with Crippen molar-refractivity contribution in [3.05, 3.63) is 29.8 Å². The molecule has 5 nitrogen and oxygen atoms in total. The predicted octanol–water partition coefficient (Wildman–Crippen LogP) is 3.35. The van der Waals surface area contributed by atoms with Crippen LogP contribution in [0.25, 0.3) is 0 Å². The zero-order chi connectivity index (χ0) is 19.0. The molecule has 0 spiro atoms. The van der Waals surface area contributed by atoms with Gasteiger partial charge in [0.2, 0.25) is 5.91 Å². The van der Waals surface area contributed by atoms with Crippen molar-refractivity contribution in [1.82, 2.24) is 5.32 Å². The largest absolute Gasteiger partial charge is 0.507 e. The lowest BCUT2D eigenvalue weighted by molar-refractivity contribution is -0.137. The molecular weight excluding hydrogens is 334 g/mol. The average molecular weight is 364 g/mol. The van der Waals surface area contributed by atoms with Gasteiger partial charge in [0, 0.05) is 12.5 Å². The third-order valence-electron chi connectivity index (χ3n) is 5.63. The van der Waals surface area contributed by atoms with Crippen molar-refractivity contribution < 1.29 is 19.1 Å². The minimum Gasteiger partial charge on any atom is -0.507 e. The molecule has 138 valence electrons.